The second-order valence-corrected chi connectivity index (χ2v) is 20.4. The van der Waals surface area contributed by atoms with Crippen LogP contribution in [0.2, 0.25) is 13.3 Å². The van der Waals surface area contributed by atoms with E-state index in [2.05, 4.69) is 47.2 Å². The van der Waals surface area contributed by atoms with Crippen LogP contribution in [0.25, 0.3) is 0 Å². The second kappa shape index (κ2) is 35.6. The first kappa shape index (κ1) is 40.8. The van der Waals surface area contributed by atoms with Gasteiger partial charge in [0.15, 0.2) is 0 Å². The molecule has 0 rings (SSSR count). The molecule has 0 aliphatic rings. The zero-order valence-electron chi connectivity index (χ0n) is 26.9. The Morgan fingerprint density at radius 2 is 0.947 bits per heavy atom. The molecule has 1 atom stereocenters. The Morgan fingerprint density at radius 3 is 1.29 bits per heavy atom. The minimum atomic E-state index is -1.02. The Balaban J connectivity index is 0. The van der Waals surface area contributed by atoms with Gasteiger partial charge < -0.3 is 17.4 Å². The van der Waals surface area contributed by atoms with Gasteiger partial charge in [-0.05, 0) is 12.3 Å². The summed E-state index contributed by atoms with van der Waals surface area (Å²) in [7, 11) is 0. The molecular weight excluding hydrogens is 591 g/mol. The van der Waals surface area contributed by atoms with Gasteiger partial charge in [-0.1, -0.05) is 38.9 Å². The van der Waals surface area contributed by atoms with Crippen LogP contribution in [0.3, 0.4) is 0 Å². The number of rotatable bonds is 28. The predicted octanol–water partition coefficient (Wildman–Crippen LogP) is 11.9. The van der Waals surface area contributed by atoms with E-state index in [0.717, 1.165) is 12.8 Å². The monoisotopic (exact) mass is 662 g/mol. The molecule has 0 amide bonds. The number of carbonyl (C=O) groups is 1. The zero-order valence-corrected chi connectivity index (χ0v) is 30.6. The van der Waals surface area contributed by atoms with Crippen LogP contribution in [-0.2, 0) is 22.2 Å². The first-order chi connectivity index (χ1) is 18.6. The van der Waals surface area contributed by atoms with Gasteiger partial charge in [-0.3, -0.25) is 4.79 Å². The van der Waals surface area contributed by atoms with Crippen LogP contribution in [0.5, 0.6) is 0 Å². The van der Waals surface area contributed by atoms with Gasteiger partial charge in [0, 0.05) is 0 Å². The summed E-state index contributed by atoms with van der Waals surface area (Å²) in [5.74, 6) is 0.333. The quantitative estimate of drug-likeness (QED) is 0.0361. The van der Waals surface area contributed by atoms with Crippen LogP contribution in [0, 0.1) is 5.92 Å². The van der Waals surface area contributed by atoms with Crippen molar-refractivity contribution < 1.29 is 9.53 Å². The van der Waals surface area contributed by atoms with E-state index < -0.39 is 19.8 Å². The molecule has 0 aromatic carbocycles. The molecule has 38 heavy (non-hydrogen) atoms. The molecule has 0 aliphatic carbocycles. The van der Waals surface area contributed by atoms with Crippen molar-refractivity contribution in [1.29, 1.82) is 0 Å². The van der Waals surface area contributed by atoms with E-state index in [1.165, 1.54) is 109 Å². The Labute approximate surface area is 254 Å². The van der Waals surface area contributed by atoms with Crippen molar-refractivity contribution in [3.63, 3.8) is 0 Å². The molecule has 0 saturated heterocycles. The third kappa shape index (κ3) is 32.8. The number of unbranched alkanes of at least 4 members (excludes halogenated alkanes) is 16. The molecule has 2 nitrogen and oxygen atoms in total. The molecule has 0 bridgehead atoms. The number of hydrogen-bond donors (Lipinski definition) is 0. The van der Waals surface area contributed by atoms with Crippen LogP contribution in [0.15, 0.2) is 0 Å². The van der Waals surface area contributed by atoms with Gasteiger partial charge in [0.2, 0.25) is 0 Å². The SMILES string of the molecule is CCCCC(CC)COC(=O)C[S-].CCCCCCC[CH2][Sn+]([CH2]CCCCCCC)[CH2]CCCCCCC. The molecule has 0 aromatic heterocycles. The molecule has 0 heterocycles. The Hall–Kier alpha value is 0.619. The summed E-state index contributed by atoms with van der Waals surface area (Å²) in [4.78, 5) is 10.8. The Morgan fingerprint density at radius 1 is 0.579 bits per heavy atom. The number of carbonyl (C=O) groups excluding carboxylic acids is 1. The molecular formula is C34H70O2SSn. The van der Waals surface area contributed by atoms with Gasteiger partial charge in [-0.2, -0.15) is 0 Å². The van der Waals surface area contributed by atoms with E-state index in [1.54, 1.807) is 32.6 Å². The van der Waals surface area contributed by atoms with Crippen LogP contribution in [0.1, 0.15) is 176 Å². The number of ether oxygens (including phenoxy) is 1. The van der Waals surface area contributed by atoms with E-state index >= 15 is 0 Å². The molecule has 0 aliphatic heterocycles. The first-order valence-corrected chi connectivity index (χ1v) is 23.8. The van der Waals surface area contributed by atoms with Crippen LogP contribution < -0.4 is 0 Å². The molecule has 0 fully saturated rings. The van der Waals surface area contributed by atoms with Crippen molar-refractivity contribution in [3.8, 4) is 0 Å². The summed E-state index contributed by atoms with van der Waals surface area (Å²) < 4.78 is 10.2. The van der Waals surface area contributed by atoms with Gasteiger partial charge in [0.1, 0.15) is 0 Å². The maximum atomic E-state index is 10.8. The van der Waals surface area contributed by atoms with Gasteiger partial charge >= 0.3 is 169 Å². The van der Waals surface area contributed by atoms with Crippen molar-refractivity contribution in [1.82, 2.24) is 0 Å². The fourth-order valence-corrected chi connectivity index (χ4v) is 13.6. The fourth-order valence-electron chi connectivity index (χ4n) is 4.99. The van der Waals surface area contributed by atoms with Gasteiger partial charge in [0.05, 0.1) is 6.61 Å². The third-order valence-corrected chi connectivity index (χ3v) is 17.1. The topological polar surface area (TPSA) is 26.3 Å². The van der Waals surface area contributed by atoms with Crippen LogP contribution >= 0.6 is 0 Å². The van der Waals surface area contributed by atoms with Crippen molar-refractivity contribution in [2.75, 3.05) is 12.4 Å². The van der Waals surface area contributed by atoms with Crippen LogP contribution in [0.4, 0.5) is 0 Å². The summed E-state index contributed by atoms with van der Waals surface area (Å²) in [6.07, 6.45) is 31.6. The Bertz CT molecular complexity index is 408. The number of esters is 1. The summed E-state index contributed by atoms with van der Waals surface area (Å²) in [6.45, 7) is 11.8. The van der Waals surface area contributed by atoms with Crippen molar-refractivity contribution >= 4 is 38.4 Å². The Kier molecular flexibility index (Phi) is 38.2. The predicted molar refractivity (Wildman–Crippen MR) is 177 cm³/mol. The van der Waals surface area contributed by atoms with Crippen molar-refractivity contribution in [3.05, 3.63) is 0 Å². The minimum absolute atomic E-state index is 0.0736. The van der Waals surface area contributed by atoms with Crippen molar-refractivity contribution in [2.24, 2.45) is 5.92 Å². The summed E-state index contributed by atoms with van der Waals surface area (Å²) in [5.41, 5.74) is 0. The van der Waals surface area contributed by atoms with E-state index in [-0.39, 0.29) is 11.7 Å². The molecule has 4 heteroatoms. The van der Waals surface area contributed by atoms with Crippen molar-refractivity contribution in [2.45, 2.75) is 189 Å². The summed E-state index contributed by atoms with van der Waals surface area (Å²) >= 11 is 3.56. The van der Waals surface area contributed by atoms with E-state index in [1.807, 2.05) is 0 Å². The maximum absolute atomic E-state index is 10.8. The van der Waals surface area contributed by atoms with E-state index in [0.29, 0.717) is 12.5 Å². The van der Waals surface area contributed by atoms with Gasteiger partial charge in [-0.15, -0.1) is 0 Å². The molecule has 0 N–H and O–H groups in total. The first-order valence-electron chi connectivity index (χ1n) is 17.2. The summed E-state index contributed by atoms with van der Waals surface area (Å²) in [6, 6.07) is 0. The average Bonchev–Trinajstić information content (AvgIpc) is 2.94. The molecule has 1 unspecified atom stereocenters. The van der Waals surface area contributed by atoms with Gasteiger partial charge in [-0.25, -0.2) is 0 Å². The zero-order chi connectivity index (χ0) is 28.5. The second-order valence-electron chi connectivity index (χ2n) is 11.5. The fraction of sp³-hybridized carbons (Fsp3) is 0.971. The van der Waals surface area contributed by atoms with E-state index in [9.17, 15) is 4.79 Å². The average molecular weight is 662 g/mol. The molecule has 0 spiro atoms. The standard InChI is InChI=1S/C10H20O2S.3C8H17.Sn/c1-3-5-6-9(4-2)7-12-10(11)8-13;3*1-3-5-7-8-6-4-2;/h9,13H,3-8H2,1-2H3;3*1,3-8H2,2H3;/q;;;;+1/p-1. The normalized spacial score (nSPS) is 11.6. The third-order valence-electron chi connectivity index (χ3n) is 7.79. The summed E-state index contributed by atoms with van der Waals surface area (Å²) in [5, 5.41) is 0. The van der Waals surface area contributed by atoms with Gasteiger partial charge in [0.25, 0.3) is 5.97 Å². The molecule has 0 radical (unpaired) electrons. The molecule has 0 aromatic rings. The van der Waals surface area contributed by atoms with E-state index in [4.69, 9.17) is 4.74 Å². The number of hydrogen-bond acceptors (Lipinski definition) is 3. The molecule has 228 valence electrons. The van der Waals surface area contributed by atoms with Crippen LogP contribution in [-0.4, -0.2) is 38.1 Å². The molecule has 0 saturated carbocycles.